The Morgan fingerprint density at radius 3 is 2.82 bits per heavy atom. The van der Waals surface area contributed by atoms with Crippen LogP contribution in [-0.2, 0) is 0 Å². The van der Waals surface area contributed by atoms with Crippen molar-refractivity contribution in [2.75, 3.05) is 6.54 Å². The van der Waals surface area contributed by atoms with Gasteiger partial charge in [-0.2, -0.15) is 0 Å². The molecule has 0 radical (unpaired) electrons. The van der Waals surface area contributed by atoms with Gasteiger partial charge in [0.25, 0.3) is 0 Å². The van der Waals surface area contributed by atoms with E-state index >= 15 is 0 Å². The average molecular weight is 189 g/mol. The lowest BCUT2D eigenvalue weighted by molar-refractivity contribution is 0.216. The van der Waals surface area contributed by atoms with Gasteiger partial charge in [-0.1, -0.05) is 15.3 Å². The summed E-state index contributed by atoms with van der Waals surface area (Å²) in [4.78, 5) is 0. The van der Waals surface area contributed by atoms with Crippen LogP contribution in [0.25, 0.3) is 0 Å². The van der Waals surface area contributed by atoms with E-state index in [4.69, 9.17) is 0 Å². The minimum Gasteiger partial charge on any atom is -0.278 e. The molecule has 4 atom stereocenters. The lowest BCUT2D eigenvalue weighted by atomic mass is 9.94. The highest BCUT2D eigenvalue weighted by Gasteiger charge is 2.33. The van der Waals surface area contributed by atoms with Crippen LogP contribution in [0.3, 0.4) is 0 Å². The molecule has 0 aromatic rings. The summed E-state index contributed by atoms with van der Waals surface area (Å²) in [5.41, 5.74) is 0. The van der Waals surface area contributed by atoms with Crippen molar-refractivity contribution in [1.82, 2.24) is 4.67 Å². The van der Waals surface area contributed by atoms with Crippen molar-refractivity contribution in [3.63, 3.8) is 0 Å². The lowest BCUT2D eigenvalue weighted by Gasteiger charge is -2.36. The number of piperidine rings is 1. The first kappa shape index (κ1) is 8.42. The number of nitrogens with zero attached hydrogens (tertiary/aromatic N) is 1. The second-order valence-corrected chi connectivity index (χ2v) is 5.33. The number of rotatable bonds is 1. The summed E-state index contributed by atoms with van der Waals surface area (Å²) in [6.07, 6.45) is 7.43. The second kappa shape index (κ2) is 3.69. The van der Waals surface area contributed by atoms with Gasteiger partial charge in [0.1, 0.15) is 0 Å². The molecule has 1 nitrogen and oxygen atoms in total. The molecule has 4 unspecified atom stereocenters. The fourth-order valence-corrected chi connectivity index (χ4v) is 4.39. The third-order valence-corrected chi connectivity index (χ3v) is 5.04. The molecule has 2 aliphatic rings. The highest BCUT2D eigenvalue weighted by Crippen LogP contribution is 2.43. The van der Waals surface area contributed by atoms with Crippen molar-refractivity contribution in [2.24, 2.45) is 5.92 Å². The van der Waals surface area contributed by atoms with Crippen LogP contribution in [0.2, 0.25) is 0 Å². The first-order valence-corrected chi connectivity index (χ1v) is 7.40. The highest BCUT2D eigenvalue weighted by molar-refractivity contribution is 8.01. The zero-order chi connectivity index (χ0) is 7.68. The maximum Gasteiger partial charge on any atom is 0.0163 e. The molecule has 0 spiro atoms. The predicted molar refractivity (Wildman–Crippen MR) is 55.1 cm³/mol. The molecule has 3 heteroatoms. The van der Waals surface area contributed by atoms with E-state index in [1.54, 1.807) is 0 Å². The molecule has 0 N–H and O–H groups in total. The zero-order valence-corrected chi connectivity index (χ0v) is 9.08. The Balaban J connectivity index is 2.00. The van der Waals surface area contributed by atoms with Crippen LogP contribution >= 0.6 is 17.3 Å². The first-order chi connectivity index (χ1) is 5.42. The fraction of sp³-hybridized carbons (Fsp3) is 1.00. The summed E-state index contributed by atoms with van der Waals surface area (Å²) in [7, 11) is 3.87. The summed E-state index contributed by atoms with van der Waals surface area (Å²) in [5, 5.41) is 0. The number of hydrogen-bond donors (Lipinski definition) is 0. The summed E-state index contributed by atoms with van der Waals surface area (Å²) in [5.74, 6) is 1.07. The van der Waals surface area contributed by atoms with Gasteiger partial charge in [-0.05, 0) is 40.0 Å². The van der Waals surface area contributed by atoms with Crippen LogP contribution in [-0.4, -0.2) is 17.3 Å². The molecule has 1 saturated carbocycles. The van der Waals surface area contributed by atoms with Crippen molar-refractivity contribution in [3.05, 3.63) is 0 Å². The molecular weight excluding hydrogens is 172 g/mol. The van der Waals surface area contributed by atoms with E-state index in [0.29, 0.717) is 0 Å². The Labute approximate surface area is 73.2 Å². The third-order valence-electron chi connectivity index (χ3n) is 3.16. The Hall–Kier alpha value is 0.820. The molecule has 0 amide bonds. The van der Waals surface area contributed by atoms with Gasteiger partial charge in [-0.15, -0.1) is 0 Å². The Morgan fingerprint density at radius 1 is 1.18 bits per heavy atom. The molecule has 2 rings (SSSR count). The van der Waals surface area contributed by atoms with Gasteiger partial charge in [0.15, 0.2) is 0 Å². The summed E-state index contributed by atoms with van der Waals surface area (Å²) in [6, 6.07) is 0.972. The van der Waals surface area contributed by atoms with Crippen molar-refractivity contribution >= 4 is 17.3 Å². The molecule has 1 heterocycles. The predicted octanol–water partition coefficient (Wildman–Crippen LogP) is 2.63. The van der Waals surface area contributed by atoms with Crippen molar-refractivity contribution in [3.8, 4) is 0 Å². The van der Waals surface area contributed by atoms with Crippen molar-refractivity contribution in [1.29, 1.82) is 0 Å². The average Bonchev–Trinajstić information content (AvgIpc) is 2.50. The first-order valence-electron chi connectivity index (χ1n) is 4.64. The monoisotopic (exact) mass is 189 g/mol. The van der Waals surface area contributed by atoms with E-state index in [1.807, 2.05) is 0 Å². The Kier molecular flexibility index (Phi) is 2.82. The molecule has 1 aliphatic carbocycles. The zero-order valence-electron chi connectivity index (χ0n) is 6.92. The topological polar surface area (TPSA) is 3.24 Å². The van der Waals surface area contributed by atoms with E-state index in [0.717, 1.165) is 20.4 Å². The normalized spacial score (nSPS) is 40.1. The molecule has 1 aliphatic heterocycles. The highest BCUT2D eigenvalue weighted by atomic mass is 32.0. The molecule has 0 aromatic carbocycles. The van der Waals surface area contributed by atoms with Gasteiger partial charge < -0.3 is 0 Å². The van der Waals surface area contributed by atoms with Crippen LogP contribution < -0.4 is 0 Å². The quantitative estimate of drug-likeness (QED) is 0.573. The number of hydrogen-bond acceptors (Lipinski definition) is 1. The van der Waals surface area contributed by atoms with E-state index in [1.165, 1.54) is 38.6 Å². The van der Waals surface area contributed by atoms with Gasteiger partial charge >= 0.3 is 0 Å². The molecule has 2 fully saturated rings. The van der Waals surface area contributed by atoms with Gasteiger partial charge in [-0.3, -0.25) is 4.67 Å². The Morgan fingerprint density at radius 2 is 2.00 bits per heavy atom. The van der Waals surface area contributed by atoms with Crippen LogP contribution in [0.1, 0.15) is 32.1 Å². The van der Waals surface area contributed by atoms with Gasteiger partial charge in [0.05, 0.1) is 0 Å². The smallest absolute Gasteiger partial charge is 0.0163 e. The second-order valence-electron chi connectivity index (χ2n) is 3.72. The van der Waals surface area contributed by atoms with E-state index < -0.39 is 0 Å². The summed E-state index contributed by atoms with van der Waals surface area (Å²) < 4.78 is 2.69. The van der Waals surface area contributed by atoms with Crippen LogP contribution in [0, 0.1) is 5.92 Å². The van der Waals surface area contributed by atoms with Gasteiger partial charge in [0.2, 0.25) is 0 Å². The maximum atomic E-state index is 2.90. The van der Waals surface area contributed by atoms with E-state index in [2.05, 4.69) is 13.6 Å². The molecule has 1 saturated heterocycles. The third kappa shape index (κ3) is 1.62. The van der Waals surface area contributed by atoms with E-state index in [9.17, 15) is 0 Å². The largest absolute Gasteiger partial charge is 0.278 e. The fourth-order valence-electron chi connectivity index (χ4n) is 2.61. The van der Waals surface area contributed by atoms with E-state index in [-0.39, 0.29) is 0 Å². The lowest BCUT2D eigenvalue weighted by Crippen LogP contribution is -2.36. The SMILES string of the molecule is PPN1CCCC2CCCC21. The van der Waals surface area contributed by atoms with Crippen LogP contribution in [0.15, 0.2) is 0 Å². The van der Waals surface area contributed by atoms with Crippen LogP contribution in [0.4, 0.5) is 0 Å². The summed E-state index contributed by atoms with van der Waals surface area (Å²) in [6.45, 7) is 1.36. The minimum atomic E-state index is 0.970. The molecular formula is C8H17NP2. The Bertz CT molecular complexity index is 140. The molecule has 0 bridgehead atoms. The number of fused-ring (bicyclic) bond motifs is 1. The molecule has 11 heavy (non-hydrogen) atoms. The molecule has 0 aromatic heterocycles. The van der Waals surface area contributed by atoms with Crippen molar-refractivity contribution in [2.45, 2.75) is 38.1 Å². The maximum absolute atomic E-state index is 2.90. The van der Waals surface area contributed by atoms with Crippen molar-refractivity contribution < 1.29 is 0 Å². The van der Waals surface area contributed by atoms with Crippen LogP contribution in [0.5, 0.6) is 0 Å². The molecule has 64 valence electrons. The standard InChI is InChI=1S/C8H17NP2/c10-11-9-6-2-4-7-3-1-5-8(7)9/h7-8,11H,1-6,10H2. The van der Waals surface area contributed by atoms with Gasteiger partial charge in [0, 0.05) is 12.6 Å². The summed E-state index contributed by atoms with van der Waals surface area (Å²) >= 11 is 0. The van der Waals surface area contributed by atoms with Gasteiger partial charge in [-0.25, -0.2) is 0 Å². The minimum absolute atomic E-state index is 0.970.